The molecule has 112 valence electrons. The zero-order valence-corrected chi connectivity index (χ0v) is 12.4. The fraction of sp³-hybridized carbons (Fsp3) is 0.533. The number of amides is 1. The Labute approximate surface area is 117 Å². The van der Waals surface area contributed by atoms with Gasteiger partial charge in [0.2, 0.25) is 0 Å². The maximum atomic E-state index is 13.0. The Balaban J connectivity index is 0.000000956. The van der Waals surface area contributed by atoms with Crippen LogP contribution in [0.4, 0.5) is 13.2 Å². The summed E-state index contributed by atoms with van der Waals surface area (Å²) in [6.45, 7) is 7.65. The van der Waals surface area contributed by atoms with Crippen LogP contribution in [-0.4, -0.2) is 17.9 Å². The first-order valence-corrected chi connectivity index (χ1v) is 6.71. The molecule has 2 rings (SSSR count). The quantitative estimate of drug-likeness (QED) is 0.747. The molecular weight excluding hydrogens is 267 g/mol. The highest BCUT2D eigenvalue weighted by molar-refractivity contribution is 5.98. The Hall–Kier alpha value is -1.52. The Morgan fingerprint density at radius 2 is 1.75 bits per heavy atom. The molecule has 0 spiro atoms. The topological polar surface area (TPSA) is 20.3 Å². The zero-order chi connectivity index (χ0) is 15.7. The lowest BCUT2D eigenvalue weighted by atomic mass is 9.94. The number of halogens is 3. The molecule has 0 bridgehead atoms. The minimum absolute atomic E-state index is 0.0292. The van der Waals surface area contributed by atoms with E-state index in [-0.39, 0.29) is 29.5 Å². The van der Waals surface area contributed by atoms with Crippen molar-refractivity contribution in [2.24, 2.45) is 0 Å². The van der Waals surface area contributed by atoms with Crippen LogP contribution >= 0.6 is 0 Å². The fourth-order valence-electron chi connectivity index (χ4n) is 2.16. The van der Waals surface area contributed by atoms with Gasteiger partial charge >= 0.3 is 6.18 Å². The van der Waals surface area contributed by atoms with Crippen LogP contribution in [0.25, 0.3) is 0 Å². The summed E-state index contributed by atoms with van der Waals surface area (Å²) < 4.78 is 39.0. The number of alkyl halides is 3. The molecule has 1 aromatic carbocycles. The first-order chi connectivity index (χ1) is 9.21. The van der Waals surface area contributed by atoms with Gasteiger partial charge in [-0.1, -0.05) is 27.7 Å². The van der Waals surface area contributed by atoms with E-state index >= 15 is 0 Å². The predicted molar refractivity (Wildman–Crippen MR) is 72.7 cm³/mol. The number of carbonyl (C=O) groups excluding carboxylic acids is 1. The fourth-order valence-corrected chi connectivity index (χ4v) is 2.16. The van der Waals surface area contributed by atoms with Gasteiger partial charge in [0.25, 0.3) is 5.91 Å². The first kappa shape index (κ1) is 16.5. The van der Waals surface area contributed by atoms with Crippen LogP contribution in [0.2, 0.25) is 0 Å². The van der Waals surface area contributed by atoms with Crippen LogP contribution < -0.4 is 0 Å². The van der Waals surface area contributed by atoms with Crippen LogP contribution in [-0.2, 0) is 12.7 Å². The number of carbonyl (C=O) groups is 1. The number of rotatable bonds is 1. The molecular formula is C15H20F3NO. The standard InChI is InChI=1S/C13H14F3NO.C2H6/c1-7(2)8-4-9-10(6-17(3)12(9)18)11(5-8)13(14,15)16;1-2/h4-5,7H,6H2,1-3H3;1-2H3. The second kappa shape index (κ2) is 5.85. The smallest absolute Gasteiger partial charge is 0.337 e. The monoisotopic (exact) mass is 287 g/mol. The van der Waals surface area contributed by atoms with E-state index in [1.807, 2.05) is 27.7 Å². The van der Waals surface area contributed by atoms with Crippen molar-refractivity contribution in [3.8, 4) is 0 Å². The Morgan fingerprint density at radius 3 is 2.20 bits per heavy atom. The Kier molecular flexibility index (Phi) is 4.84. The highest BCUT2D eigenvalue weighted by Crippen LogP contribution is 2.38. The molecule has 0 fully saturated rings. The van der Waals surface area contributed by atoms with Crippen LogP contribution in [0.1, 0.15) is 60.7 Å². The van der Waals surface area contributed by atoms with Crippen molar-refractivity contribution in [1.29, 1.82) is 0 Å². The lowest BCUT2D eigenvalue weighted by Crippen LogP contribution is -2.17. The number of hydrogen-bond acceptors (Lipinski definition) is 1. The van der Waals surface area contributed by atoms with Crippen LogP contribution in [0.3, 0.4) is 0 Å². The van der Waals surface area contributed by atoms with Gasteiger partial charge in [-0.15, -0.1) is 0 Å². The molecule has 0 radical (unpaired) electrons. The maximum absolute atomic E-state index is 13.0. The highest BCUT2D eigenvalue weighted by Gasteiger charge is 2.39. The third-order valence-corrected chi connectivity index (χ3v) is 3.22. The van der Waals surface area contributed by atoms with Crippen molar-refractivity contribution in [3.63, 3.8) is 0 Å². The van der Waals surface area contributed by atoms with Crippen LogP contribution in [0.15, 0.2) is 12.1 Å². The maximum Gasteiger partial charge on any atom is 0.416 e. The van der Waals surface area contributed by atoms with E-state index in [1.54, 1.807) is 6.07 Å². The Bertz CT molecular complexity index is 507. The van der Waals surface area contributed by atoms with E-state index in [2.05, 4.69) is 0 Å². The normalized spacial score (nSPS) is 14.2. The minimum Gasteiger partial charge on any atom is -0.337 e. The molecule has 0 aromatic heterocycles. The molecule has 0 N–H and O–H groups in total. The van der Waals surface area contributed by atoms with E-state index in [9.17, 15) is 18.0 Å². The van der Waals surface area contributed by atoms with Gasteiger partial charge < -0.3 is 4.90 Å². The molecule has 20 heavy (non-hydrogen) atoms. The van der Waals surface area contributed by atoms with Gasteiger partial charge in [-0.2, -0.15) is 13.2 Å². The molecule has 0 atom stereocenters. The Morgan fingerprint density at radius 1 is 1.20 bits per heavy atom. The molecule has 1 aliphatic rings. The van der Waals surface area contributed by atoms with Crippen molar-refractivity contribution in [1.82, 2.24) is 4.90 Å². The van der Waals surface area contributed by atoms with Gasteiger partial charge in [0.05, 0.1) is 5.56 Å². The summed E-state index contributed by atoms with van der Waals surface area (Å²) in [4.78, 5) is 13.1. The summed E-state index contributed by atoms with van der Waals surface area (Å²) in [6, 6.07) is 2.75. The van der Waals surface area contributed by atoms with Gasteiger partial charge in [0.1, 0.15) is 0 Å². The second-order valence-corrected chi connectivity index (χ2v) is 4.91. The van der Waals surface area contributed by atoms with E-state index in [4.69, 9.17) is 0 Å². The van der Waals surface area contributed by atoms with Crippen LogP contribution in [0.5, 0.6) is 0 Å². The summed E-state index contributed by atoms with van der Waals surface area (Å²) in [5.41, 5.74) is 0.154. The van der Waals surface area contributed by atoms with E-state index in [0.717, 1.165) is 6.07 Å². The summed E-state index contributed by atoms with van der Waals surface area (Å²) in [5, 5.41) is 0. The molecule has 2 nitrogen and oxygen atoms in total. The van der Waals surface area contributed by atoms with E-state index < -0.39 is 11.7 Å². The second-order valence-electron chi connectivity index (χ2n) is 4.91. The zero-order valence-electron chi connectivity index (χ0n) is 12.4. The van der Waals surface area contributed by atoms with Crippen molar-refractivity contribution < 1.29 is 18.0 Å². The largest absolute Gasteiger partial charge is 0.416 e. The first-order valence-electron chi connectivity index (χ1n) is 6.71. The predicted octanol–water partition coefficient (Wildman–Crippen LogP) is 4.44. The highest BCUT2D eigenvalue weighted by atomic mass is 19.4. The van der Waals surface area contributed by atoms with Gasteiger partial charge in [-0.3, -0.25) is 4.79 Å². The minimum atomic E-state index is -4.42. The van der Waals surface area contributed by atoms with E-state index in [1.165, 1.54) is 11.9 Å². The van der Waals surface area contributed by atoms with Crippen molar-refractivity contribution in [2.45, 2.75) is 46.3 Å². The number of nitrogens with zero attached hydrogens (tertiary/aromatic N) is 1. The summed E-state index contributed by atoms with van der Waals surface area (Å²) in [5.74, 6) is -0.381. The average Bonchev–Trinajstić information content (AvgIpc) is 2.65. The van der Waals surface area contributed by atoms with Crippen molar-refractivity contribution in [3.05, 3.63) is 34.4 Å². The molecule has 1 heterocycles. The third-order valence-electron chi connectivity index (χ3n) is 3.22. The summed E-state index contributed by atoms with van der Waals surface area (Å²) in [7, 11) is 1.51. The van der Waals surface area contributed by atoms with Gasteiger partial charge in [-0.05, 0) is 29.2 Å². The molecule has 1 aromatic rings. The molecule has 0 aliphatic carbocycles. The van der Waals surface area contributed by atoms with Gasteiger partial charge in [0, 0.05) is 19.2 Å². The number of fused-ring (bicyclic) bond motifs is 1. The van der Waals surface area contributed by atoms with Crippen molar-refractivity contribution in [2.75, 3.05) is 7.05 Å². The molecule has 1 aliphatic heterocycles. The lowest BCUT2D eigenvalue weighted by molar-refractivity contribution is -0.138. The average molecular weight is 287 g/mol. The number of hydrogen-bond donors (Lipinski definition) is 0. The van der Waals surface area contributed by atoms with Gasteiger partial charge in [-0.25, -0.2) is 0 Å². The lowest BCUT2D eigenvalue weighted by Gasteiger charge is -2.15. The summed E-state index contributed by atoms with van der Waals surface area (Å²) >= 11 is 0. The molecule has 0 saturated heterocycles. The molecule has 0 saturated carbocycles. The van der Waals surface area contributed by atoms with Crippen LogP contribution in [0, 0.1) is 0 Å². The van der Waals surface area contributed by atoms with Crippen molar-refractivity contribution >= 4 is 5.91 Å². The molecule has 0 unspecified atom stereocenters. The molecule has 1 amide bonds. The van der Waals surface area contributed by atoms with Gasteiger partial charge in [0.15, 0.2) is 0 Å². The number of benzene rings is 1. The molecule has 5 heteroatoms. The SMILES string of the molecule is CC.CC(C)c1cc2c(c(C(F)(F)F)c1)CN(C)C2=O. The summed E-state index contributed by atoms with van der Waals surface area (Å²) in [6.07, 6.45) is -4.42. The third kappa shape index (κ3) is 2.97. The van der Waals surface area contributed by atoms with E-state index in [0.29, 0.717) is 5.56 Å².